The molecule has 6 heteroatoms. The summed E-state index contributed by atoms with van der Waals surface area (Å²) in [6, 6.07) is 12.7. The molecule has 5 nitrogen and oxygen atoms in total. The molecule has 2 aromatic carbocycles. The highest BCUT2D eigenvalue weighted by Crippen LogP contribution is 2.36. The Morgan fingerprint density at radius 3 is 2.47 bits per heavy atom. The average Bonchev–Trinajstić information content (AvgIpc) is 3.19. The first kappa shape index (κ1) is 27.9. The van der Waals surface area contributed by atoms with Crippen LogP contribution >= 0.6 is 11.6 Å². The number of carbonyl (C=O) groups excluding carboxylic acids is 2. The molecule has 0 saturated heterocycles. The molecule has 1 amide bonds. The molecule has 3 aromatic rings. The second-order valence-electron chi connectivity index (χ2n) is 10.9. The molecule has 1 aromatic heterocycles. The van der Waals surface area contributed by atoms with Crippen molar-refractivity contribution < 1.29 is 9.59 Å². The van der Waals surface area contributed by atoms with Crippen molar-refractivity contribution >= 4 is 34.2 Å². The number of allylic oxidation sites excluding steroid dienone is 3. The molecule has 0 fully saturated rings. The van der Waals surface area contributed by atoms with E-state index in [9.17, 15) is 9.59 Å². The second-order valence-corrected chi connectivity index (χ2v) is 11.3. The van der Waals surface area contributed by atoms with Crippen molar-refractivity contribution in [3.8, 4) is 11.1 Å². The van der Waals surface area contributed by atoms with Crippen molar-refractivity contribution in [1.29, 1.82) is 0 Å². The van der Waals surface area contributed by atoms with E-state index in [-0.39, 0.29) is 24.3 Å². The molecule has 0 unspecified atom stereocenters. The van der Waals surface area contributed by atoms with Crippen LogP contribution in [0, 0.1) is 0 Å². The highest BCUT2D eigenvalue weighted by Gasteiger charge is 2.23. The van der Waals surface area contributed by atoms with Crippen molar-refractivity contribution in [2.45, 2.75) is 59.5 Å². The number of nitrogens with one attached hydrogen (secondary N) is 1. The van der Waals surface area contributed by atoms with E-state index >= 15 is 0 Å². The summed E-state index contributed by atoms with van der Waals surface area (Å²) in [5.41, 5.74) is 7.46. The Hall–Kier alpha value is -3.15. The van der Waals surface area contributed by atoms with Gasteiger partial charge in [0.2, 0.25) is 0 Å². The lowest BCUT2D eigenvalue weighted by Crippen LogP contribution is -2.29. The third-order valence-corrected chi connectivity index (χ3v) is 7.29. The van der Waals surface area contributed by atoms with Gasteiger partial charge in [-0.1, -0.05) is 60.9 Å². The molecule has 0 aliphatic heterocycles. The first-order chi connectivity index (χ1) is 18.1. The lowest BCUT2D eigenvalue weighted by Gasteiger charge is -2.19. The van der Waals surface area contributed by atoms with E-state index in [2.05, 4.69) is 86.1 Å². The van der Waals surface area contributed by atoms with Gasteiger partial charge in [0.1, 0.15) is 0 Å². The second kappa shape index (κ2) is 11.7. The van der Waals surface area contributed by atoms with Crippen LogP contribution in [0.15, 0.2) is 65.4 Å². The zero-order valence-electron chi connectivity index (χ0n) is 23.3. The molecule has 1 aliphatic carbocycles. The van der Waals surface area contributed by atoms with Crippen LogP contribution in [0.4, 0.5) is 0 Å². The van der Waals surface area contributed by atoms with E-state index in [1.807, 2.05) is 19.2 Å². The molecule has 200 valence electrons. The zero-order valence-corrected chi connectivity index (χ0v) is 24.1. The molecule has 0 spiro atoms. The molecule has 1 aliphatic rings. The lowest BCUT2D eigenvalue weighted by molar-refractivity contribution is -0.115. The molecular formula is C32H38ClN3O2. The number of hydrogen-bond acceptors (Lipinski definition) is 3. The van der Waals surface area contributed by atoms with Crippen LogP contribution in [0.25, 0.3) is 22.0 Å². The summed E-state index contributed by atoms with van der Waals surface area (Å²) in [7, 11) is 4.10. The van der Waals surface area contributed by atoms with Gasteiger partial charge in [0, 0.05) is 42.7 Å². The van der Waals surface area contributed by atoms with Gasteiger partial charge in [-0.05, 0) is 75.7 Å². The van der Waals surface area contributed by atoms with Gasteiger partial charge in [-0.25, -0.2) is 0 Å². The monoisotopic (exact) mass is 531 g/mol. The highest BCUT2D eigenvalue weighted by atomic mass is 35.5. The smallest absolute Gasteiger partial charge is 0.252 e. The third-order valence-electron chi connectivity index (χ3n) is 7.00. The highest BCUT2D eigenvalue weighted by molar-refractivity contribution is 6.37. The Labute approximate surface area is 231 Å². The maximum Gasteiger partial charge on any atom is 0.252 e. The number of hydrogen-bond donors (Lipinski definition) is 1. The van der Waals surface area contributed by atoms with Gasteiger partial charge in [-0.3, -0.25) is 9.59 Å². The standard InChI is InChI=1S/C32H38ClN3O2/c1-7-8-24-13-21(4)14-30(37)27(24)17-34-32(38)26-15-25(23-11-9-22(10-12-23)18-35(5)6)16-29-31(26)28(33)19-36(29)20(2)3/h9-13,15-16,19-20H,7-8,14,17-18H2,1-6H3,(H,34,38). The Bertz CT molecular complexity index is 1430. The van der Waals surface area contributed by atoms with Gasteiger partial charge in [-0.15, -0.1) is 0 Å². The topological polar surface area (TPSA) is 54.3 Å². The van der Waals surface area contributed by atoms with Gasteiger partial charge in [0.15, 0.2) is 5.78 Å². The van der Waals surface area contributed by atoms with E-state index in [1.54, 1.807) is 0 Å². The fourth-order valence-corrected chi connectivity index (χ4v) is 5.53. The van der Waals surface area contributed by atoms with Crippen molar-refractivity contribution in [1.82, 2.24) is 14.8 Å². The summed E-state index contributed by atoms with van der Waals surface area (Å²) in [4.78, 5) is 28.7. The average molecular weight is 532 g/mol. The molecule has 4 rings (SSSR count). The molecule has 1 heterocycles. The molecule has 0 atom stereocenters. The molecule has 38 heavy (non-hydrogen) atoms. The SMILES string of the molecule is CCCC1=C(CNC(=O)c2cc(-c3ccc(CN(C)C)cc3)cc3c2c(Cl)cn3C(C)C)C(=O)CC(C)=C1. The van der Waals surface area contributed by atoms with Crippen molar-refractivity contribution in [2.75, 3.05) is 20.6 Å². The number of rotatable bonds is 9. The summed E-state index contributed by atoms with van der Waals surface area (Å²) in [5.74, 6) is -0.138. The first-order valence-corrected chi connectivity index (χ1v) is 13.8. The maximum absolute atomic E-state index is 13.7. The number of amides is 1. The summed E-state index contributed by atoms with van der Waals surface area (Å²) in [6.45, 7) is 9.36. The minimum Gasteiger partial charge on any atom is -0.348 e. The van der Waals surface area contributed by atoms with E-state index in [0.717, 1.165) is 52.6 Å². The van der Waals surface area contributed by atoms with Crippen LogP contribution in [0.1, 0.15) is 68.9 Å². The van der Waals surface area contributed by atoms with Crippen LogP contribution in [-0.2, 0) is 11.3 Å². The number of fused-ring (bicyclic) bond motifs is 1. The largest absolute Gasteiger partial charge is 0.348 e. The summed E-state index contributed by atoms with van der Waals surface area (Å²) < 4.78 is 2.11. The summed E-state index contributed by atoms with van der Waals surface area (Å²) >= 11 is 6.71. The molecular weight excluding hydrogens is 494 g/mol. The quantitative estimate of drug-likeness (QED) is 0.314. The van der Waals surface area contributed by atoms with Crippen LogP contribution in [0.5, 0.6) is 0 Å². The van der Waals surface area contributed by atoms with Crippen LogP contribution < -0.4 is 5.32 Å². The molecule has 0 bridgehead atoms. The number of ketones is 1. The van der Waals surface area contributed by atoms with Crippen molar-refractivity contribution in [2.24, 2.45) is 0 Å². The van der Waals surface area contributed by atoms with Gasteiger partial charge >= 0.3 is 0 Å². The Balaban J connectivity index is 1.75. The fraction of sp³-hybridized carbons (Fsp3) is 0.375. The minimum absolute atomic E-state index is 0.0921. The van der Waals surface area contributed by atoms with E-state index in [1.165, 1.54) is 5.56 Å². The van der Waals surface area contributed by atoms with E-state index in [4.69, 9.17) is 11.6 Å². The normalized spacial score (nSPS) is 14.1. The number of benzene rings is 2. The Morgan fingerprint density at radius 2 is 1.84 bits per heavy atom. The van der Waals surface area contributed by atoms with E-state index < -0.39 is 0 Å². The summed E-state index contributed by atoms with van der Waals surface area (Å²) in [5, 5.41) is 4.33. The number of nitrogens with zero attached hydrogens (tertiary/aromatic N) is 2. The maximum atomic E-state index is 13.7. The van der Waals surface area contributed by atoms with Crippen LogP contribution in [0.3, 0.4) is 0 Å². The molecule has 0 radical (unpaired) electrons. The number of halogens is 1. The van der Waals surface area contributed by atoms with Crippen molar-refractivity contribution in [3.05, 3.63) is 81.5 Å². The van der Waals surface area contributed by atoms with Gasteiger partial charge in [-0.2, -0.15) is 0 Å². The van der Waals surface area contributed by atoms with Crippen LogP contribution in [-0.4, -0.2) is 41.8 Å². The van der Waals surface area contributed by atoms with Gasteiger partial charge in [0.05, 0.1) is 16.1 Å². The predicted octanol–water partition coefficient (Wildman–Crippen LogP) is 7.35. The number of aromatic nitrogens is 1. The first-order valence-electron chi connectivity index (χ1n) is 13.4. The lowest BCUT2D eigenvalue weighted by atomic mass is 9.89. The van der Waals surface area contributed by atoms with Crippen molar-refractivity contribution in [3.63, 3.8) is 0 Å². The van der Waals surface area contributed by atoms with Gasteiger partial charge < -0.3 is 14.8 Å². The Kier molecular flexibility index (Phi) is 8.59. The molecule has 0 saturated carbocycles. The minimum atomic E-state index is -0.230. The third kappa shape index (κ3) is 5.95. The Morgan fingerprint density at radius 1 is 1.13 bits per heavy atom. The van der Waals surface area contributed by atoms with Crippen LogP contribution in [0.2, 0.25) is 5.02 Å². The molecule has 1 N–H and O–H groups in total. The number of Topliss-reactive ketones (excluding diaryl/α,β-unsaturated/α-hetero) is 1. The van der Waals surface area contributed by atoms with Gasteiger partial charge in [0.25, 0.3) is 5.91 Å². The van der Waals surface area contributed by atoms with E-state index in [0.29, 0.717) is 22.6 Å². The number of carbonyl (C=O) groups is 2. The summed E-state index contributed by atoms with van der Waals surface area (Å²) in [6.07, 6.45) is 6.17. The zero-order chi connectivity index (χ0) is 27.6. The fourth-order valence-electron chi connectivity index (χ4n) is 5.22. The predicted molar refractivity (Wildman–Crippen MR) is 158 cm³/mol.